The summed E-state index contributed by atoms with van der Waals surface area (Å²) in [6.45, 7) is 2.86. The monoisotopic (exact) mass is 253 g/mol. The summed E-state index contributed by atoms with van der Waals surface area (Å²) in [4.78, 5) is 18.1. The Kier molecular flexibility index (Phi) is 3.97. The summed E-state index contributed by atoms with van der Waals surface area (Å²) >= 11 is 5.81. The Morgan fingerprint density at radius 3 is 3.18 bits per heavy atom. The van der Waals surface area contributed by atoms with E-state index >= 15 is 0 Å². The Labute approximate surface area is 106 Å². The van der Waals surface area contributed by atoms with Gasteiger partial charge in [0.15, 0.2) is 0 Å². The number of aromatic nitrogens is 1. The molecule has 0 radical (unpaired) electrons. The quantitative estimate of drug-likeness (QED) is 0.886. The zero-order valence-corrected chi connectivity index (χ0v) is 10.6. The van der Waals surface area contributed by atoms with Crippen LogP contribution in [0.5, 0.6) is 0 Å². The van der Waals surface area contributed by atoms with Crippen molar-refractivity contribution in [1.82, 2.24) is 15.2 Å². The standard InChI is InChI=1S/C12H16ClN3O/c1-16-5-3-9(8-16)7-15-12(17)11-6-10(13)2-4-14-11/h2,4,6,9H,3,5,7-8H2,1H3,(H,15,17). The van der Waals surface area contributed by atoms with Crippen molar-refractivity contribution in [3.8, 4) is 0 Å². The Hall–Kier alpha value is -1.13. The number of nitrogens with zero attached hydrogens (tertiary/aromatic N) is 2. The first kappa shape index (κ1) is 12.3. The molecule has 0 spiro atoms. The van der Waals surface area contributed by atoms with Gasteiger partial charge < -0.3 is 10.2 Å². The number of likely N-dealkylation sites (tertiary alicyclic amines) is 1. The second-order valence-electron chi connectivity index (χ2n) is 4.49. The number of halogens is 1. The third-order valence-electron chi connectivity index (χ3n) is 2.99. The summed E-state index contributed by atoms with van der Waals surface area (Å²) in [5.41, 5.74) is 0.379. The van der Waals surface area contributed by atoms with Crippen LogP contribution < -0.4 is 5.32 Å². The lowest BCUT2D eigenvalue weighted by Gasteiger charge is -2.11. The second kappa shape index (κ2) is 5.47. The van der Waals surface area contributed by atoms with Gasteiger partial charge in [-0.15, -0.1) is 0 Å². The van der Waals surface area contributed by atoms with Gasteiger partial charge in [-0.05, 0) is 38.1 Å². The highest BCUT2D eigenvalue weighted by Crippen LogP contribution is 2.13. The van der Waals surface area contributed by atoms with Crippen LogP contribution in [0.4, 0.5) is 0 Å². The summed E-state index contributed by atoms with van der Waals surface area (Å²) in [6.07, 6.45) is 2.68. The number of carbonyl (C=O) groups is 1. The van der Waals surface area contributed by atoms with E-state index in [2.05, 4.69) is 22.2 Å². The molecule has 1 aromatic rings. The van der Waals surface area contributed by atoms with Crippen molar-refractivity contribution < 1.29 is 4.79 Å². The normalized spacial score (nSPS) is 20.5. The highest BCUT2D eigenvalue weighted by atomic mass is 35.5. The fourth-order valence-corrected chi connectivity index (χ4v) is 2.21. The summed E-state index contributed by atoms with van der Waals surface area (Å²) in [7, 11) is 2.10. The molecule has 1 atom stereocenters. The molecule has 1 aromatic heterocycles. The van der Waals surface area contributed by atoms with E-state index in [0.29, 0.717) is 23.2 Å². The highest BCUT2D eigenvalue weighted by Gasteiger charge is 2.20. The first-order valence-electron chi connectivity index (χ1n) is 5.73. The van der Waals surface area contributed by atoms with Gasteiger partial charge in [-0.25, -0.2) is 0 Å². The maximum atomic E-state index is 11.8. The van der Waals surface area contributed by atoms with Crippen LogP contribution in [-0.4, -0.2) is 42.5 Å². The molecule has 1 aliphatic heterocycles. The van der Waals surface area contributed by atoms with Crippen molar-refractivity contribution in [1.29, 1.82) is 0 Å². The summed E-state index contributed by atoms with van der Waals surface area (Å²) in [5, 5.41) is 3.44. The number of carbonyl (C=O) groups excluding carboxylic acids is 1. The largest absolute Gasteiger partial charge is 0.350 e. The van der Waals surface area contributed by atoms with Crippen molar-refractivity contribution in [2.24, 2.45) is 5.92 Å². The van der Waals surface area contributed by atoms with Crippen molar-refractivity contribution >= 4 is 17.5 Å². The molecule has 5 heteroatoms. The molecule has 0 aliphatic carbocycles. The van der Waals surface area contributed by atoms with Crippen molar-refractivity contribution in [3.05, 3.63) is 29.0 Å². The summed E-state index contributed by atoms with van der Waals surface area (Å²) < 4.78 is 0. The van der Waals surface area contributed by atoms with Crippen LogP contribution in [0.25, 0.3) is 0 Å². The van der Waals surface area contributed by atoms with Crippen molar-refractivity contribution in [3.63, 3.8) is 0 Å². The maximum Gasteiger partial charge on any atom is 0.269 e. The van der Waals surface area contributed by atoms with E-state index in [9.17, 15) is 4.79 Å². The van der Waals surface area contributed by atoms with Crippen LogP contribution in [0.3, 0.4) is 0 Å². The van der Waals surface area contributed by atoms with E-state index in [0.717, 1.165) is 19.5 Å². The van der Waals surface area contributed by atoms with Gasteiger partial charge in [0.1, 0.15) is 5.69 Å². The topological polar surface area (TPSA) is 45.2 Å². The Morgan fingerprint density at radius 2 is 2.53 bits per heavy atom. The second-order valence-corrected chi connectivity index (χ2v) is 4.92. The number of hydrogen-bond donors (Lipinski definition) is 1. The summed E-state index contributed by atoms with van der Waals surface area (Å²) in [6, 6.07) is 3.24. The molecular weight excluding hydrogens is 238 g/mol. The van der Waals surface area contributed by atoms with E-state index in [1.165, 1.54) is 0 Å². The van der Waals surface area contributed by atoms with Crippen LogP contribution in [0.1, 0.15) is 16.9 Å². The predicted molar refractivity (Wildman–Crippen MR) is 67.2 cm³/mol. The predicted octanol–water partition coefficient (Wildman–Crippen LogP) is 1.42. The highest BCUT2D eigenvalue weighted by molar-refractivity contribution is 6.30. The van der Waals surface area contributed by atoms with E-state index in [1.54, 1.807) is 18.3 Å². The SMILES string of the molecule is CN1CCC(CNC(=O)c2cc(Cl)ccn2)C1. The minimum atomic E-state index is -0.151. The lowest BCUT2D eigenvalue weighted by Crippen LogP contribution is -2.30. The summed E-state index contributed by atoms with van der Waals surface area (Å²) in [5.74, 6) is 0.394. The molecule has 2 rings (SSSR count). The molecule has 92 valence electrons. The van der Waals surface area contributed by atoms with Crippen LogP contribution in [-0.2, 0) is 0 Å². The van der Waals surface area contributed by atoms with Crippen LogP contribution in [0.15, 0.2) is 18.3 Å². The van der Waals surface area contributed by atoms with Crippen LogP contribution >= 0.6 is 11.6 Å². The van der Waals surface area contributed by atoms with Crippen LogP contribution in [0, 0.1) is 5.92 Å². The van der Waals surface area contributed by atoms with Crippen molar-refractivity contribution in [2.45, 2.75) is 6.42 Å². The minimum absolute atomic E-state index is 0.151. The maximum absolute atomic E-state index is 11.8. The number of pyridine rings is 1. The lowest BCUT2D eigenvalue weighted by molar-refractivity contribution is 0.0942. The first-order chi connectivity index (χ1) is 8.15. The van der Waals surface area contributed by atoms with Gasteiger partial charge in [0, 0.05) is 24.3 Å². The van der Waals surface area contributed by atoms with Gasteiger partial charge >= 0.3 is 0 Å². The number of rotatable bonds is 3. The third-order valence-corrected chi connectivity index (χ3v) is 3.23. The van der Waals surface area contributed by atoms with Gasteiger partial charge in [0.05, 0.1) is 0 Å². The fourth-order valence-electron chi connectivity index (χ4n) is 2.05. The molecule has 1 amide bonds. The molecule has 2 heterocycles. The Bertz CT molecular complexity index is 410. The van der Waals surface area contributed by atoms with Crippen molar-refractivity contribution in [2.75, 3.05) is 26.7 Å². The molecule has 1 unspecified atom stereocenters. The average molecular weight is 254 g/mol. The molecule has 1 N–H and O–H groups in total. The van der Waals surface area contributed by atoms with E-state index in [4.69, 9.17) is 11.6 Å². The van der Waals surface area contributed by atoms with Crippen LogP contribution in [0.2, 0.25) is 5.02 Å². The van der Waals surface area contributed by atoms with Gasteiger partial charge in [-0.2, -0.15) is 0 Å². The first-order valence-corrected chi connectivity index (χ1v) is 6.11. The molecular formula is C12H16ClN3O. The number of amides is 1. The van der Waals surface area contributed by atoms with Gasteiger partial charge in [-0.1, -0.05) is 11.6 Å². The smallest absolute Gasteiger partial charge is 0.269 e. The fraction of sp³-hybridized carbons (Fsp3) is 0.500. The Morgan fingerprint density at radius 1 is 1.71 bits per heavy atom. The number of hydrogen-bond acceptors (Lipinski definition) is 3. The molecule has 1 aliphatic rings. The molecule has 0 aromatic carbocycles. The third kappa shape index (κ3) is 3.41. The van der Waals surface area contributed by atoms with E-state index in [1.807, 2.05) is 0 Å². The molecule has 4 nitrogen and oxygen atoms in total. The average Bonchev–Trinajstić information content (AvgIpc) is 2.72. The van der Waals surface area contributed by atoms with E-state index in [-0.39, 0.29) is 5.91 Å². The van der Waals surface area contributed by atoms with Gasteiger partial charge in [0.25, 0.3) is 5.91 Å². The van der Waals surface area contributed by atoms with Gasteiger partial charge in [-0.3, -0.25) is 9.78 Å². The molecule has 17 heavy (non-hydrogen) atoms. The number of nitrogens with one attached hydrogen (secondary N) is 1. The Balaban J connectivity index is 1.85. The molecule has 0 saturated carbocycles. The minimum Gasteiger partial charge on any atom is -0.350 e. The van der Waals surface area contributed by atoms with E-state index < -0.39 is 0 Å². The zero-order valence-electron chi connectivity index (χ0n) is 9.82. The van der Waals surface area contributed by atoms with Gasteiger partial charge in [0.2, 0.25) is 0 Å². The molecule has 1 fully saturated rings. The zero-order chi connectivity index (χ0) is 12.3. The molecule has 1 saturated heterocycles. The molecule has 0 bridgehead atoms. The lowest BCUT2D eigenvalue weighted by atomic mass is 10.1.